The Kier molecular flexibility index (Phi) is 4.62. The molecule has 1 heterocycles. The van der Waals surface area contributed by atoms with E-state index in [1.165, 1.54) is 18.2 Å². The topological polar surface area (TPSA) is 111 Å². The number of hydrogen-bond donors (Lipinski definition) is 0. The van der Waals surface area contributed by atoms with Gasteiger partial charge in [0.1, 0.15) is 12.4 Å². The molecule has 1 aromatic heterocycles. The van der Waals surface area contributed by atoms with Crippen molar-refractivity contribution >= 4 is 22.5 Å². The Balaban J connectivity index is 1.83. The molecular formula is C18H14N4O4. The quantitative estimate of drug-likeness (QED) is 0.499. The van der Waals surface area contributed by atoms with Crippen LogP contribution in [0.4, 0.5) is 5.69 Å². The summed E-state index contributed by atoms with van der Waals surface area (Å²) in [6, 6.07) is 15.0. The number of nitriles is 1. The van der Waals surface area contributed by atoms with Crippen LogP contribution >= 0.6 is 0 Å². The Morgan fingerprint density at radius 2 is 2.00 bits per heavy atom. The van der Waals surface area contributed by atoms with E-state index in [1.54, 1.807) is 23.7 Å². The highest BCUT2D eigenvalue weighted by atomic mass is 16.6. The molecule has 0 saturated heterocycles. The van der Waals surface area contributed by atoms with Gasteiger partial charge in [0, 0.05) is 13.1 Å². The fourth-order valence-electron chi connectivity index (χ4n) is 2.66. The third-order valence-corrected chi connectivity index (χ3v) is 3.96. The number of aromatic nitrogens is 2. The highest BCUT2D eigenvalue weighted by molar-refractivity contribution is 5.90. The van der Waals surface area contributed by atoms with Gasteiger partial charge >= 0.3 is 5.69 Å². The van der Waals surface area contributed by atoms with Crippen LogP contribution in [0.3, 0.4) is 0 Å². The third kappa shape index (κ3) is 3.10. The molecule has 8 heteroatoms. The summed E-state index contributed by atoms with van der Waals surface area (Å²) in [4.78, 5) is 27.3. The van der Waals surface area contributed by atoms with E-state index in [2.05, 4.69) is 4.98 Å². The van der Waals surface area contributed by atoms with Crippen LogP contribution < -0.4 is 4.74 Å². The molecule has 130 valence electrons. The van der Waals surface area contributed by atoms with Crippen LogP contribution in [0, 0.1) is 21.4 Å². The fourth-order valence-corrected chi connectivity index (χ4v) is 2.66. The minimum atomic E-state index is -1.13. The molecule has 0 fully saturated rings. The van der Waals surface area contributed by atoms with Crippen LogP contribution in [-0.4, -0.2) is 26.9 Å². The first-order valence-corrected chi connectivity index (χ1v) is 7.73. The number of carbonyl (C=O) groups excluding carboxylic acids is 1. The maximum atomic E-state index is 12.5. The number of ketones is 1. The monoisotopic (exact) mass is 350 g/mol. The number of benzene rings is 2. The molecule has 1 unspecified atom stereocenters. The first kappa shape index (κ1) is 17.1. The highest BCUT2D eigenvalue weighted by Gasteiger charge is 2.27. The van der Waals surface area contributed by atoms with Gasteiger partial charge in [-0.15, -0.1) is 0 Å². The zero-order valence-corrected chi connectivity index (χ0v) is 13.8. The van der Waals surface area contributed by atoms with E-state index in [1.807, 2.05) is 24.3 Å². The Bertz CT molecular complexity index is 1040. The van der Waals surface area contributed by atoms with Gasteiger partial charge in [-0.3, -0.25) is 14.9 Å². The summed E-state index contributed by atoms with van der Waals surface area (Å²) in [7, 11) is 1.73. The zero-order chi connectivity index (χ0) is 18.7. The van der Waals surface area contributed by atoms with Gasteiger partial charge in [0.25, 0.3) is 0 Å². The lowest BCUT2D eigenvalue weighted by Crippen LogP contribution is -2.21. The number of para-hydroxylation sites is 4. The maximum Gasteiger partial charge on any atom is 0.310 e. The number of rotatable bonds is 6. The largest absolute Gasteiger partial charge is 0.479 e. The van der Waals surface area contributed by atoms with Crippen molar-refractivity contribution in [3.63, 3.8) is 0 Å². The Hall–Kier alpha value is -3.73. The third-order valence-electron chi connectivity index (χ3n) is 3.96. The van der Waals surface area contributed by atoms with E-state index in [9.17, 15) is 20.2 Å². The fraction of sp³-hybridized carbons (Fsp3) is 0.167. The van der Waals surface area contributed by atoms with Crippen molar-refractivity contribution in [3.8, 4) is 11.8 Å². The molecule has 2 aromatic carbocycles. The van der Waals surface area contributed by atoms with Crippen molar-refractivity contribution in [2.75, 3.05) is 6.61 Å². The van der Waals surface area contributed by atoms with E-state index in [4.69, 9.17) is 4.74 Å². The standard InChI is InChI=1S/C18H14N4O4/c1-21-14-7-3-2-6-13(14)20-18(21)12(10-19)16(23)11-26-17-9-5-4-8-15(17)22(24)25/h2-9,12H,11H2,1H3. The van der Waals surface area contributed by atoms with E-state index in [0.717, 1.165) is 5.52 Å². The Morgan fingerprint density at radius 3 is 2.69 bits per heavy atom. The molecule has 0 aliphatic rings. The summed E-state index contributed by atoms with van der Waals surface area (Å²) >= 11 is 0. The highest BCUT2D eigenvalue weighted by Crippen LogP contribution is 2.27. The van der Waals surface area contributed by atoms with Crippen molar-refractivity contribution in [1.82, 2.24) is 9.55 Å². The number of carbonyl (C=O) groups is 1. The van der Waals surface area contributed by atoms with Crippen molar-refractivity contribution in [3.05, 3.63) is 64.5 Å². The lowest BCUT2D eigenvalue weighted by molar-refractivity contribution is -0.385. The number of nitrogens with zero attached hydrogens (tertiary/aromatic N) is 4. The molecule has 3 aromatic rings. The molecular weight excluding hydrogens is 336 g/mol. The summed E-state index contributed by atoms with van der Waals surface area (Å²) in [5, 5.41) is 20.4. The summed E-state index contributed by atoms with van der Waals surface area (Å²) < 4.78 is 6.99. The molecule has 0 radical (unpaired) electrons. The number of nitro groups is 1. The second-order valence-electron chi connectivity index (χ2n) is 5.56. The van der Waals surface area contributed by atoms with Crippen molar-refractivity contribution in [2.24, 2.45) is 7.05 Å². The van der Waals surface area contributed by atoms with E-state index in [-0.39, 0.29) is 11.4 Å². The van der Waals surface area contributed by atoms with Crippen LogP contribution in [0.15, 0.2) is 48.5 Å². The zero-order valence-electron chi connectivity index (χ0n) is 13.8. The maximum absolute atomic E-state index is 12.5. The van der Waals surface area contributed by atoms with Gasteiger partial charge < -0.3 is 9.30 Å². The Labute approximate surface area is 148 Å². The number of ether oxygens (including phenoxy) is 1. The van der Waals surface area contributed by atoms with Gasteiger partial charge in [-0.2, -0.15) is 5.26 Å². The molecule has 8 nitrogen and oxygen atoms in total. The minimum absolute atomic E-state index is 0.0208. The van der Waals surface area contributed by atoms with Crippen LogP contribution in [0.25, 0.3) is 11.0 Å². The predicted octanol–water partition coefficient (Wildman–Crippen LogP) is 2.74. The Morgan fingerprint density at radius 1 is 1.31 bits per heavy atom. The van der Waals surface area contributed by atoms with Crippen LogP contribution in [0.2, 0.25) is 0 Å². The smallest absolute Gasteiger partial charge is 0.310 e. The van der Waals surface area contributed by atoms with Crippen molar-refractivity contribution in [2.45, 2.75) is 5.92 Å². The second-order valence-corrected chi connectivity index (χ2v) is 5.56. The number of nitro benzene ring substituents is 1. The molecule has 0 bridgehead atoms. The average Bonchev–Trinajstić information content (AvgIpc) is 2.98. The molecule has 26 heavy (non-hydrogen) atoms. The van der Waals surface area contributed by atoms with E-state index >= 15 is 0 Å². The lowest BCUT2D eigenvalue weighted by Gasteiger charge is -2.10. The van der Waals surface area contributed by atoms with Gasteiger partial charge in [-0.1, -0.05) is 24.3 Å². The molecule has 0 N–H and O–H groups in total. The summed E-state index contributed by atoms with van der Waals surface area (Å²) in [5.74, 6) is -1.36. The molecule has 3 rings (SSSR count). The first-order valence-electron chi connectivity index (χ1n) is 7.73. The summed E-state index contributed by atoms with van der Waals surface area (Å²) in [6.45, 7) is -0.466. The van der Waals surface area contributed by atoms with E-state index < -0.39 is 23.2 Å². The number of aryl methyl sites for hydroxylation is 1. The summed E-state index contributed by atoms with van der Waals surface area (Å²) in [6.07, 6.45) is 0. The first-order chi connectivity index (χ1) is 12.5. The van der Waals surface area contributed by atoms with Crippen LogP contribution in [0.5, 0.6) is 5.75 Å². The number of fused-ring (bicyclic) bond motifs is 1. The van der Waals surface area contributed by atoms with Gasteiger partial charge in [0.15, 0.2) is 17.5 Å². The molecule has 0 aliphatic carbocycles. The van der Waals surface area contributed by atoms with Gasteiger partial charge in [-0.25, -0.2) is 4.98 Å². The number of Topliss-reactive ketones (excluding diaryl/α,β-unsaturated/α-hetero) is 1. The van der Waals surface area contributed by atoms with Gasteiger partial charge in [-0.05, 0) is 18.2 Å². The number of imidazole rings is 1. The van der Waals surface area contributed by atoms with Crippen molar-refractivity contribution in [1.29, 1.82) is 5.26 Å². The second kappa shape index (κ2) is 7.03. The average molecular weight is 350 g/mol. The van der Waals surface area contributed by atoms with Gasteiger partial charge in [0.2, 0.25) is 0 Å². The molecule has 0 saturated carbocycles. The summed E-state index contributed by atoms with van der Waals surface area (Å²) in [5.41, 5.74) is 1.24. The molecule has 0 aliphatic heterocycles. The van der Waals surface area contributed by atoms with Gasteiger partial charge in [0.05, 0.1) is 22.0 Å². The molecule has 1 atom stereocenters. The number of hydrogen-bond acceptors (Lipinski definition) is 6. The predicted molar refractivity (Wildman–Crippen MR) is 92.7 cm³/mol. The van der Waals surface area contributed by atoms with Crippen LogP contribution in [-0.2, 0) is 11.8 Å². The SMILES string of the molecule is Cn1c(C(C#N)C(=O)COc2ccccc2[N+](=O)[O-])nc2ccccc21. The normalized spacial score (nSPS) is 11.7. The molecule has 0 amide bonds. The minimum Gasteiger partial charge on any atom is -0.479 e. The molecule has 0 spiro atoms. The van der Waals surface area contributed by atoms with Crippen molar-refractivity contribution < 1.29 is 14.5 Å². The van der Waals surface area contributed by atoms with Crippen LogP contribution in [0.1, 0.15) is 11.7 Å². The lowest BCUT2D eigenvalue weighted by atomic mass is 10.1. The van der Waals surface area contributed by atoms with E-state index in [0.29, 0.717) is 11.3 Å².